The molecular formula is C75H80N6O15. The lowest BCUT2D eigenvalue weighted by atomic mass is 10.1. The van der Waals surface area contributed by atoms with E-state index in [1.54, 1.807) is 84.9 Å². The SMILES string of the molecule is CCCCCCCCCCCCCCOC(=O)c1ccc(OC)c(NC(=O)C(Oc2ccc(C(=O)O)cc2)c2nc3ccccc3c(=O)n2C)c1.Cc1ccc(OCCCn2c(C(Oc3ccccc3C(=O)O)C(=O)Nc3ccccc3C=O)nc3ccccc3c2=O)c(C)c1. The Hall–Kier alpha value is -11.0. The molecule has 7 aromatic carbocycles. The van der Waals surface area contributed by atoms with Crippen molar-refractivity contribution in [3.8, 4) is 23.0 Å². The molecule has 0 saturated heterocycles. The molecule has 2 unspecified atom stereocenters. The first kappa shape index (κ1) is 70.9. The molecule has 2 amide bonds. The van der Waals surface area contributed by atoms with Crippen LogP contribution < -0.4 is 40.7 Å². The molecule has 0 spiro atoms. The van der Waals surface area contributed by atoms with Crippen molar-refractivity contribution < 1.29 is 62.7 Å². The number of ether oxygens (including phenoxy) is 5. The van der Waals surface area contributed by atoms with Crippen molar-refractivity contribution in [1.29, 1.82) is 0 Å². The van der Waals surface area contributed by atoms with Gasteiger partial charge in [0, 0.05) is 19.2 Å². The van der Waals surface area contributed by atoms with Gasteiger partial charge in [0.1, 0.15) is 28.6 Å². The number of hydrogen-bond acceptors (Lipinski definition) is 15. The average molecular weight is 1310 g/mol. The Kier molecular flexibility index (Phi) is 26.1. The van der Waals surface area contributed by atoms with Crippen molar-refractivity contribution in [1.82, 2.24) is 19.1 Å². The van der Waals surface area contributed by atoms with Crippen LogP contribution in [0.5, 0.6) is 23.0 Å². The molecule has 9 rings (SSSR count). The fourth-order valence-electron chi connectivity index (χ4n) is 10.8. The summed E-state index contributed by atoms with van der Waals surface area (Å²) < 4.78 is 31.8. The zero-order valence-electron chi connectivity index (χ0n) is 54.5. The number of carboxylic acid groups (broad SMARTS) is 2. The van der Waals surface area contributed by atoms with Crippen molar-refractivity contribution >= 4 is 69.2 Å². The van der Waals surface area contributed by atoms with Gasteiger partial charge in [-0.3, -0.25) is 33.1 Å². The third-order valence-corrected chi connectivity index (χ3v) is 16.0. The van der Waals surface area contributed by atoms with Crippen molar-refractivity contribution in [2.75, 3.05) is 31.0 Å². The van der Waals surface area contributed by atoms with Gasteiger partial charge >= 0.3 is 17.9 Å². The predicted octanol–water partition coefficient (Wildman–Crippen LogP) is 14.0. The number of hydrogen-bond donors (Lipinski definition) is 4. The predicted molar refractivity (Wildman–Crippen MR) is 366 cm³/mol. The molecule has 0 aliphatic rings. The van der Waals surface area contributed by atoms with Crippen molar-refractivity contribution in [2.45, 2.75) is 123 Å². The molecular weight excluding hydrogens is 1220 g/mol. The summed E-state index contributed by atoms with van der Waals surface area (Å²) >= 11 is 0. The van der Waals surface area contributed by atoms with E-state index in [-0.39, 0.29) is 81.2 Å². The summed E-state index contributed by atoms with van der Waals surface area (Å²) in [5, 5.41) is 25.3. The number of anilines is 2. The summed E-state index contributed by atoms with van der Waals surface area (Å²) in [6.45, 7) is 6.88. The summed E-state index contributed by atoms with van der Waals surface area (Å²) in [6, 6.07) is 41.7. The zero-order chi connectivity index (χ0) is 68.5. The average Bonchev–Trinajstić information content (AvgIpc) is 0.788. The highest BCUT2D eigenvalue weighted by Crippen LogP contribution is 2.32. The fourth-order valence-corrected chi connectivity index (χ4v) is 10.8. The lowest BCUT2D eigenvalue weighted by Crippen LogP contribution is -2.35. The molecule has 500 valence electrons. The number of aldehydes is 1. The molecule has 0 fully saturated rings. The standard InChI is InChI=1S/C40H49N3O8.C35H31N3O7/c1-4-5-6-7-8-9-10-11-12-13-14-17-26-50-40(48)29-22-25-34(49-3)33(27-29)42-37(44)35(51-30-23-20-28(21-24-30)39(46)47)36-41-32-19-16-15-18-31(32)38(45)43(36)2;1-22-16-17-29(23(2)20-22)44-19-9-18-38-32(36-28-14-7-4-11-25(28)34(38)41)31(45-30-15-8-5-12-26(30)35(42)43)33(40)37-27-13-6-3-10-24(27)21-39/h15-16,18-25,27,35H,4-14,17,26H2,1-3H3,(H,42,44)(H,46,47);3-8,10-17,20-21,31H,9,18-19H2,1-2H3,(H,37,40)(H,42,43). The smallest absolute Gasteiger partial charge is 0.339 e. The van der Waals surface area contributed by atoms with E-state index in [2.05, 4.69) is 22.5 Å². The maximum atomic E-state index is 14.0. The Labute approximate surface area is 556 Å². The second-order valence-corrected chi connectivity index (χ2v) is 23.0. The Morgan fingerprint density at radius 3 is 1.75 bits per heavy atom. The van der Waals surface area contributed by atoms with Crippen molar-refractivity contribution in [2.24, 2.45) is 7.05 Å². The van der Waals surface area contributed by atoms with Crippen LogP contribution in [0.4, 0.5) is 11.4 Å². The van der Waals surface area contributed by atoms with E-state index in [0.717, 1.165) is 36.1 Å². The monoisotopic (exact) mass is 1300 g/mol. The van der Waals surface area contributed by atoms with Gasteiger partial charge in [-0.25, -0.2) is 24.4 Å². The second-order valence-electron chi connectivity index (χ2n) is 23.0. The van der Waals surface area contributed by atoms with E-state index < -0.39 is 47.5 Å². The maximum Gasteiger partial charge on any atom is 0.339 e. The number of fused-ring (bicyclic) bond motifs is 2. The molecule has 4 N–H and O–H groups in total. The number of aromatic nitrogens is 4. The maximum absolute atomic E-state index is 14.0. The summed E-state index contributed by atoms with van der Waals surface area (Å²) in [7, 11) is 2.92. The fraction of sp³-hybridized carbons (Fsp3) is 0.307. The largest absolute Gasteiger partial charge is 0.495 e. The number of unbranched alkanes of at least 4 members (excludes halogenated alkanes) is 11. The van der Waals surface area contributed by atoms with Gasteiger partial charge in [0.2, 0.25) is 12.2 Å². The minimum atomic E-state index is -1.58. The summed E-state index contributed by atoms with van der Waals surface area (Å²) in [5.74, 6) is -3.32. The van der Waals surface area contributed by atoms with Crippen LogP contribution in [0.1, 0.15) is 167 Å². The van der Waals surface area contributed by atoms with Gasteiger partial charge in [-0.15, -0.1) is 0 Å². The van der Waals surface area contributed by atoms with Crippen molar-refractivity contribution in [3.63, 3.8) is 0 Å². The van der Waals surface area contributed by atoms with Crippen LogP contribution in [0.15, 0.2) is 167 Å². The number of nitrogens with zero attached hydrogens (tertiary/aromatic N) is 4. The lowest BCUT2D eigenvalue weighted by Gasteiger charge is -2.23. The van der Waals surface area contributed by atoms with Gasteiger partial charge < -0.3 is 44.5 Å². The van der Waals surface area contributed by atoms with Crippen LogP contribution in [0.2, 0.25) is 0 Å². The third-order valence-electron chi connectivity index (χ3n) is 16.0. The first-order valence-corrected chi connectivity index (χ1v) is 32.1. The Morgan fingerprint density at radius 1 is 0.552 bits per heavy atom. The van der Waals surface area contributed by atoms with E-state index >= 15 is 0 Å². The minimum Gasteiger partial charge on any atom is -0.495 e. The molecule has 21 nitrogen and oxygen atoms in total. The van der Waals surface area contributed by atoms with Crippen LogP contribution in [0, 0.1) is 13.8 Å². The number of carboxylic acids is 2. The zero-order valence-corrected chi connectivity index (χ0v) is 54.5. The van der Waals surface area contributed by atoms with Gasteiger partial charge in [-0.05, 0) is 129 Å². The lowest BCUT2D eigenvalue weighted by molar-refractivity contribution is -0.124. The molecule has 2 atom stereocenters. The molecule has 0 aliphatic carbocycles. The van der Waals surface area contributed by atoms with Crippen LogP contribution in [0.3, 0.4) is 0 Å². The molecule has 96 heavy (non-hydrogen) atoms. The number of benzene rings is 7. The molecule has 21 heteroatoms. The van der Waals surface area contributed by atoms with E-state index in [9.17, 15) is 48.6 Å². The van der Waals surface area contributed by atoms with Crippen LogP contribution in [-0.4, -0.2) is 85.6 Å². The van der Waals surface area contributed by atoms with Gasteiger partial charge in [-0.1, -0.05) is 144 Å². The number of para-hydroxylation sites is 4. The first-order chi connectivity index (χ1) is 46.5. The number of rotatable bonds is 33. The second kappa shape index (κ2) is 35.3. The highest BCUT2D eigenvalue weighted by Gasteiger charge is 2.32. The molecule has 0 bridgehead atoms. The van der Waals surface area contributed by atoms with Gasteiger partial charge in [0.15, 0.2) is 17.9 Å². The highest BCUT2D eigenvalue weighted by atomic mass is 16.5. The van der Waals surface area contributed by atoms with Crippen LogP contribution in [-0.2, 0) is 27.9 Å². The highest BCUT2D eigenvalue weighted by molar-refractivity contribution is 6.00. The Bertz CT molecular complexity index is 4320. The number of amides is 2. The quantitative estimate of drug-likeness (QED) is 0.0169. The summed E-state index contributed by atoms with van der Waals surface area (Å²) in [6.07, 6.45) is 12.4. The number of carbonyl (C=O) groups is 6. The molecule has 0 aliphatic heterocycles. The molecule has 0 radical (unpaired) electrons. The summed E-state index contributed by atoms with van der Waals surface area (Å²) in [4.78, 5) is 112. The van der Waals surface area contributed by atoms with Crippen LogP contribution >= 0.6 is 0 Å². The molecule has 0 saturated carbocycles. The normalized spacial score (nSPS) is 11.6. The van der Waals surface area contributed by atoms with Crippen LogP contribution in [0.25, 0.3) is 21.8 Å². The van der Waals surface area contributed by atoms with E-state index in [1.165, 1.54) is 136 Å². The van der Waals surface area contributed by atoms with E-state index in [4.69, 9.17) is 28.7 Å². The number of aromatic carboxylic acids is 2. The van der Waals surface area contributed by atoms with E-state index in [0.29, 0.717) is 41.1 Å². The Morgan fingerprint density at radius 2 is 1.11 bits per heavy atom. The topological polar surface area (TPSA) is 283 Å². The van der Waals surface area contributed by atoms with E-state index in [1.807, 2.05) is 32.0 Å². The number of aryl methyl sites for hydroxylation is 2. The van der Waals surface area contributed by atoms with Crippen molar-refractivity contribution in [3.05, 3.63) is 223 Å². The summed E-state index contributed by atoms with van der Waals surface area (Å²) in [5.41, 5.74) is 2.73. The van der Waals surface area contributed by atoms with Gasteiger partial charge in [0.25, 0.3) is 22.9 Å². The third kappa shape index (κ3) is 19.1. The number of esters is 1. The number of methoxy groups -OCH3 is 1. The minimum absolute atomic E-state index is 0.00968. The first-order valence-electron chi connectivity index (χ1n) is 32.1. The Balaban J connectivity index is 0.000000247. The molecule has 9 aromatic rings. The molecule has 2 aromatic heterocycles. The molecule has 2 heterocycles. The van der Waals surface area contributed by atoms with Gasteiger partial charge in [0.05, 0.1) is 64.6 Å². The number of carbonyl (C=O) groups excluding carboxylic acids is 4. The number of nitrogens with one attached hydrogen (secondary N) is 2. The van der Waals surface area contributed by atoms with Gasteiger partial charge in [-0.2, -0.15) is 0 Å².